The van der Waals surface area contributed by atoms with Crippen molar-refractivity contribution in [2.45, 2.75) is 42.8 Å². The fourth-order valence-corrected chi connectivity index (χ4v) is 6.42. The molecule has 1 aromatic carbocycles. The number of anilines is 1. The number of ether oxygens (including phenoxy) is 1. The van der Waals surface area contributed by atoms with Gasteiger partial charge in [-0.1, -0.05) is 17.8 Å². The summed E-state index contributed by atoms with van der Waals surface area (Å²) in [4.78, 5) is 29.4. The molecule has 4 aromatic rings. The second-order valence-electron chi connectivity index (χ2n) is 8.66. The molecule has 10 heteroatoms. The summed E-state index contributed by atoms with van der Waals surface area (Å²) in [6.45, 7) is 4.08. The predicted molar refractivity (Wildman–Crippen MR) is 140 cm³/mol. The standard InChI is InChI=1S/C25H28N6O2S2/c1-16(32)30-10-7-17(8-11-30)9-12-31-24-22(23(26)27-15-28-24)29-25(31)35-21-14-18(33-2)5-6-19(21)20-4-3-13-34-20/h3-6,13-15,17H,7-12H2,1-2H3,(H2,26,27,28). The van der Waals surface area contributed by atoms with E-state index >= 15 is 0 Å². The van der Waals surface area contributed by atoms with Crippen LogP contribution < -0.4 is 10.5 Å². The zero-order chi connectivity index (χ0) is 24.4. The van der Waals surface area contributed by atoms with Gasteiger partial charge in [-0.3, -0.25) is 4.79 Å². The quantitative estimate of drug-likeness (QED) is 0.377. The minimum Gasteiger partial charge on any atom is -0.497 e. The van der Waals surface area contributed by atoms with Gasteiger partial charge in [0.2, 0.25) is 5.91 Å². The number of hydrogen-bond donors (Lipinski definition) is 1. The van der Waals surface area contributed by atoms with Gasteiger partial charge in [-0.15, -0.1) is 11.3 Å². The van der Waals surface area contributed by atoms with Crippen molar-refractivity contribution in [3.63, 3.8) is 0 Å². The van der Waals surface area contributed by atoms with Crippen LogP contribution in [0.3, 0.4) is 0 Å². The molecule has 0 spiro atoms. The van der Waals surface area contributed by atoms with Crippen LogP contribution in [-0.4, -0.2) is 50.5 Å². The summed E-state index contributed by atoms with van der Waals surface area (Å²) in [7, 11) is 1.68. The van der Waals surface area contributed by atoms with Gasteiger partial charge in [-0.05, 0) is 54.8 Å². The Hall–Kier alpha value is -3.11. The van der Waals surface area contributed by atoms with Crippen molar-refractivity contribution in [3.05, 3.63) is 42.0 Å². The Bertz CT molecular complexity index is 1330. The minimum atomic E-state index is 0.162. The van der Waals surface area contributed by atoms with Crippen LogP contribution in [0.2, 0.25) is 0 Å². The van der Waals surface area contributed by atoms with E-state index in [9.17, 15) is 4.79 Å². The van der Waals surface area contributed by atoms with Gasteiger partial charge in [-0.25, -0.2) is 15.0 Å². The SMILES string of the molecule is COc1ccc(-c2cccs2)c(Sc2nc3c(N)ncnc3n2CCC2CCN(C(C)=O)CC2)c1. The molecule has 0 saturated carbocycles. The van der Waals surface area contributed by atoms with E-state index in [1.54, 1.807) is 37.1 Å². The molecule has 1 saturated heterocycles. The number of likely N-dealkylation sites (tertiary alicyclic amines) is 1. The van der Waals surface area contributed by atoms with Crippen LogP contribution >= 0.6 is 23.1 Å². The number of nitrogen functional groups attached to an aromatic ring is 1. The molecule has 0 bridgehead atoms. The number of carbonyl (C=O) groups excluding carboxylic acids is 1. The molecule has 4 heterocycles. The molecule has 35 heavy (non-hydrogen) atoms. The Morgan fingerprint density at radius 2 is 2.09 bits per heavy atom. The van der Waals surface area contributed by atoms with E-state index in [1.165, 1.54) is 11.2 Å². The molecule has 182 valence electrons. The Kier molecular flexibility index (Phi) is 6.92. The summed E-state index contributed by atoms with van der Waals surface area (Å²) in [6.07, 6.45) is 4.53. The minimum absolute atomic E-state index is 0.162. The lowest BCUT2D eigenvalue weighted by Crippen LogP contribution is -2.37. The summed E-state index contributed by atoms with van der Waals surface area (Å²) in [6, 6.07) is 10.3. The molecule has 3 aromatic heterocycles. The van der Waals surface area contributed by atoms with Gasteiger partial charge in [0.1, 0.15) is 12.1 Å². The lowest BCUT2D eigenvalue weighted by molar-refractivity contribution is -0.130. The molecule has 8 nitrogen and oxygen atoms in total. The van der Waals surface area contributed by atoms with E-state index in [-0.39, 0.29) is 5.91 Å². The van der Waals surface area contributed by atoms with Crippen molar-refractivity contribution in [1.82, 2.24) is 24.4 Å². The van der Waals surface area contributed by atoms with Crippen LogP contribution in [0.15, 0.2) is 52.1 Å². The van der Waals surface area contributed by atoms with E-state index in [1.807, 2.05) is 11.0 Å². The first-order valence-corrected chi connectivity index (χ1v) is 13.3. The van der Waals surface area contributed by atoms with E-state index in [2.05, 4.69) is 44.2 Å². The number of aromatic nitrogens is 4. The van der Waals surface area contributed by atoms with E-state index in [0.29, 0.717) is 17.3 Å². The molecule has 0 atom stereocenters. The van der Waals surface area contributed by atoms with Gasteiger partial charge >= 0.3 is 0 Å². The molecule has 1 aliphatic rings. The lowest BCUT2D eigenvalue weighted by atomic mass is 9.93. The number of imidazole rings is 1. The molecule has 2 N–H and O–H groups in total. The maximum Gasteiger partial charge on any atom is 0.219 e. The molecule has 1 fully saturated rings. The highest BCUT2D eigenvalue weighted by Crippen LogP contribution is 2.40. The number of rotatable bonds is 7. The summed E-state index contributed by atoms with van der Waals surface area (Å²) < 4.78 is 7.68. The number of nitrogens with zero attached hydrogens (tertiary/aromatic N) is 5. The fraction of sp³-hybridized carbons (Fsp3) is 0.360. The first-order chi connectivity index (χ1) is 17.0. The van der Waals surface area contributed by atoms with Gasteiger partial charge in [0.15, 0.2) is 22.1 Å². The van der Waals surface area contributed by atoms with Crippen LogP contribution in [-0.2, 0) is 11.3 Å². The molecule has 0 aliphatic carbocycles. The predicted octanol–water partition coefficient (Wildman–Crippen LogP) is 4.95. The average molecular weight is 509 g/mol. The number of aryl methyl sites for hydroxylation is 1. The van der Waals surface area contributed by atoms with Crippen LogP contribution in [0, 0.1) is 5.92 Å². The Balaban J connectivity index is 1.46. The van der Waals surface area contributed by atoms with Crippen molar-refractivity contribution >= 4 is 46.0 Å². The number of fused-ring (bicyclic) bond motifs is 1. The molecule has 0 unspecified atom stereocenters. The Morgan fingerprint density at radius 1 is 1.26 bits per heavy atom. The van der Waals surface area contributed by atoms with E-state index in [4.69, 9.17) is 15.5 Å². The molecule has 0 radical (unpaired) electrons. The normalized spacial score (nSPS) is 14.5. The van der Waals surface area contributed by atoms with Crippen molar-refractivity contribution in [1.29, 1.82) is 0 Å². The van der Waals surface area contributed by atoms with Gasteiger partial charge in [-0.2, -0.15) is 0 Å². The summed E-state index contributed by atoms with van der Waals surface area (Å²) >= 11 is 3.30. The van der Waals surface area contributed by atoms with Gasteiger partial charge in [0.25, 0.3) is 0 Å². The van der Waals surface area contributed by atoms with Crippen molar-refractivity contribution in [2.24, 2.45) is 5.92 Å². The average Bonchev–Trinajstić information content (AvgIpc) is 3.52. The van der Waals surface area contributed by atoms with Crippen molar-refractivity contribution in [2.75, 3.05) is 25.9 Å². The maximum atomic E-state index is 11.7. The van der Waals surface area contributed by atoms with Crippen molar-refractivity contribution < 1.29 is 9.53 Å². The monoisotopic (exact) mass is 508 g/mol. The highest BCUT2D eigenvalue weighted by atomic mass is 32.2. The Labute approximate surface area is 212 Å². The molecule has 1 aliphatic heterocycles. The van der Waals surface area contributed by atoms with Crippen LogP contribution in [0.25, 0.3) is 21.6 Å². The van der Waals surface area contributed by atoms with Crippen LogP contribution in [0.4, 0.5) is 5.82 Å². The molecular formula is C25H28N6O2S2. The number of hydrogen-bond acceptors (Lipinski definition) is 8. The summed E-state index contributed by atoms with van der Waals surface area (Å²) in [5.41, 5.74) is 8.69. The maximum absolute atomic E-state index is 11.7. The first-order valence-electron chi connectivity index (χ1n) is 11.7. The highest BCUT2D eigenvalue weighted by Gasteiger charge is 2.23. The number of methoxy groups -OCH3 is 1. The first kappa shape index (κ1) is 23.6. The summed E-state index contributed by atoms with van der Waals surface area (Å²) in [5, 5.41) is 2.91. The molecule has 5 rings (SSSR count). The van der Waals surface area contributed by atoms with E-state index in [0.717, 1.165) is 65.9 Å². The third kappa shape index (κ3) is 4.99. The third-order valence-corrected chi connectivity index (χ3v) is 8.48. The lowest BCUT2D eigenvalue weighted by Gasteiger charge is -2.31. The summed E-state index contributed by atoms with van der Waals surface area (Å²) in [5.74, 6) is 1.90. The third-order valence-electron chi connectivity index (χ3n) is 6.52. The van der Waals surface area contributed by atoms with Crippen molar-refractivity contribution in [3.8, 4) is 16.2 Å². The zero-order valence-electron chi connectivity index (χ0n) is 19.8. The fourth-order valence-electron chi connectivity index (χ4n) is 4.51. The number of piperidine rings is 1. The number of thiophene rings is 1. The Morgan fingerprint density at radius 3 is 2.80 bits per heavy atom. The molecular weight excluding hydrogens is 480 g/mol. The second kappa shape index (κ2) is 10.2. The largest absolute Gasteiger partial charge is 0.497 e. The topological polar surface area (TPSA) is 99.2 Å². The van der Waals surface area contributed by atoms with Gasteiger partial charge < -0.3 is 19.9 Å². The van der Waals surface area contributed by atoms with Gasteiger partial charge in [0.05, 0.1) is 7.11 Å². The second-order valence-corrected chi connectivity index (χ2v) is 10.6. The highest BCUT2D eigenvalue weighted by molar-refractivity contribution is 7.99. The zero-order valence-corrected chi connectivity index (χ0v) is 21.4. The van der Waals surface area contributed by atoms with E-state index < -0.39 is 0 Å². The number of benzene rings is 1. The smallest absolute Gasteiger partial charge is 0.219 e. The van der Waals surface area contributed by atoms with Crippen LogP contribution in [0.1, 0.15) is 26.2 Å². The number of nitrogens with two attached hydrogens (primary N) is 1. The number of carbonyl (C=O) groups is 1. The molecule has 1 amide bonds. The van der Waals surface area contributed by atoms with Crippen LogP contribution in [0.5, 0.6) is 5.75 Å². The van der Waals surface area contributed by atoms with Gasteiger partial charge in [0, 0.05) is 41.9 Å². The number of amides is 1.